The second-order valence-electron chi connectivity index (χ2n) is 6.05. The standard InChI is InChI=1S/C18H17F3N2O2/c1-23-11-15-13(10-17(23,16(24)25-2)18(19,20)21)8-9-14(22-15)12-6-4-3-5-7-12/h3-9H,10-11H2,1-2H3. The van der Waals surface area contributed by atoms with Crippen LogP contribution >= 0.6 is 0 Å². The van der Waals surface area contributed by atoms with Crippen molar-refractivity contribution in [3.05, 3.63) is 53.7 Å². The van der Waals surface area contributed by atoms with Crippen molar-refractivity contribution in [1.82, 2.24) is 9.88 Å². The number of methoxy groups -OCH3 is 1. The third-order valence-corrected chi connectivity index (χ3v) is 4.61. The number of esters is 1. The zero-order chi connectivity index (χ0) is 18.2. The third kappa shape index (κ3) is 2.78. The summed E-state index contributed by atoms with van der Waals surface area (Å²) in [6, 6.07) is 12.7. The van der Waals surface area contributed by atoms with Crippen LogP contribution < -0.4 is 0 Å². The van der Waals surface area contributed by atoms with Crippen molar-refractivity contribution in [3.63, 3.8) is 0 Å². The molecule has 0 fully saturated rings. The summed E-state index contributed by atoms with van der Waals surface area (Å²) in [5, 5.41) is 0. The van der Waals surface area contributed by atoms with Crippen LogP contribution in [-0.2, 0) is 22.5 Å². The Morgan fingerprint density at radius 2 is 1.88 bits per heavy atom. The van der Waals surface area contributed by atoms with Gasteiger partial charge in [0.05, 0.1) is 18.5 Å². The minimum Gasteiger partial charge on any atom is -0.467 e. The van der Waals surface area contributed by atoms with E-state index < -0.39 is 24.1 Å². The van der Waals surface area contributed by atoms with Gasteiger partial charge >= 0.3 is 12.1 Å². The van der Waals surface area contributed by atoms with Gasteiger partial charge in [-0.25, -0.2) is 4.79 Å². The fourth-order valence-electron chi connectivity index (χ4n) is 3.20. The first-order valence-electron chi connectivity index (χ1n) is 7.70. The highest BCUT2D eigenvalue weighted by Gasteiger charge is 2.65. The van der Waals surface area contributed by atoms with Crippen molar-refractivity contribution >= 4 is 5.97 Å². The third-order valence-electron chi connectivity index (χ3n) is 4.61. The van der Waals surface area contributed by atoms with Gasteiger partial charge in [-0.05, 0) is 18.7 Å². The molecule has 2 heterocycles. The fraction of sp³-hybridized carbons (Fsp3) is 0.333. The van der Waals surface area contributed by atoms with Crippen LogP contribution in [0.4, 0.5) is 13.2 Å². The highest BCUT2D eigenvalue weighted by atomic mass is 19.4. The molecule has 0 saturated heterocycles. The summed E-state index contributed by atoms with van der Waals surface area (Å²) in [6.07, 6.45) is -5.28. The monoisotopic (exact) mass is 350 g/mol. The van der Waals surface area contributed by atoms with Gasteiger partial charge in [-0.3, -0.25) is 9.88 Å². The number of aromatic nitrogens is 1. The smallest absolute Gasteiger partial charge is 0.417 e. The quantitative estimate of drug-likeness (QED) is 0.780. The van der Waals surface area contributed by atoms with E-state index in [-0.39, 0.29) is 6.54 Å². The van der Waals surface area contributed by atoms with E-state index in [0.717, 1.165) is 17.6 Å². The molecule has 1 atom stereocenters. The summed E-state index contributed by atoms with van der Waals surface area (Å²) < 4.78 is 45.8. The lowest BCUT2D eigenvalue weighted by Crippen LogP contribution is -2.66. The number of hydrogen-bond acceptors (Lipinski definition) is 4. The number of halogens is 3. The molecule has 1 aliphatic heterocycles. The molecule has 1 aromatic heterocycles. The first-order chi connectivity index (χ1) is 11.8. The molecule has 4 nitrogen and oxygen atoms in total. The average molecular weight is 350 g/mol. The maximum absolute atomic E-state index is 13.8. The Kier molecular flexibility index (Phi) is 4.28. The molecular formula is C18H17F3N2O2. The number of pyridine rings is 1. The van der Waals surface area contributed by atoms with Crippen LogP contribution in [-0.4, -0.2) is 41.7 Å². The van der Waals surface area contributed by atoms with Crippen molar-refractivity contribution in [1.29, 1.82) is 0 Å². The van der Waals surface area contributed by atoms with E-state index in [4.69, 9.17) is 0 Å². The number of hydrogen-bond donors (Lipinski definition) is 0. The molecule has 0 spiro atoms. The molecule has 0 N–H and O–H groups in total. The lowest BCUT2D eigenvalue weighted by molar-refractivity contribution is -0.240. The van der Waals surface area contributed by atoms with Crippen molar-refractivity contribution in [2.75, 3.05) is 14.2 Å². The highest BCUT2D eigenvalue weighted by molar-refractivity contribution is 5.83. The Morgan fingerprint density at radius 1 is 1.20 bits per heavy atom. The molecule has 132 valence electrons. The molecule has 7 heteroatoms. The molecule has 1 aromatic carbocycles. The minimum atomic E-state index is -4.76. The van der Waals surface area contributed by atoms with Crippen LogP contribution in [0.2, 0.25) is 0 Å². The van der Waals surface area contributed by atoms with Crippen LogP contribution in [0.25, 0.3) is 11.3 Å². The highest BCUT2D eigenvalue weighted by Crippen LogP contribution is 2.42. The number of carbonyl (C=O) groups excluding carboxylic acids is 1. The lowest BCUT2D eigenvalue weighted by atomic mass is 9.83. The van der Waals surface area contributed by atoms with Gasteiger partial charge in [0.25, 0.3) is 0 Å². The maximum atomic E-state index is 13.8. The molecule has 0 bridgehead atoms. The molecule has 25 heavy (non-hydrogen) atoms. The minimum absolute atomic E-state index is 0.0926. The maximum Gasteiger partial charge on any atom is 0.417 e. The summed E-state index contributed by atoms with van der Waals surface area (Å²) in [5.74, 6) is -1.31. The number of alkyl halides is 3. The Bertz CT molecular complexity index is 793. The number of likely N-dealkylation sites (N-methyl/N-ethyl adjacent to an activating group) is 1. The Hall–Kier alpha value is -2.41. The van der Waals surface area contributed by atoms with E-state index >= 15 is 0 Å². The first-order valence-corrected chi connectivity index (χ1v) is 7.70. The summed E-state index contributed by atoms with van der Waals surface area (Å²) in [4.78, 5) is 17.5. The number of fused-ring (bicyclic) bond motifs is 1. The fourth-order valence-corrected chi connectivity index (χ4v) is 3.20. The number of rotatable bonds is 2. The van der Waals surface area contributed by atoms with Crippen molar-refractivity contribution in [2.24, 2.45) is 0 Å². The van der Waals surface area contributed by atoms with Gasteiger partial charge < -0.3 is 4.74 Å². The summed E-state index contributed by atoms with van der Waals surface area (Å²) in [6.45, 7) is -0.0926. The predicted molar refractivity (Wildman–Crippen MR) is 85.6 cm³/mol. The molecule has 0 saturated carbocycles. The van der Waals surface area contributed by atoms with Gasteiger partial charge in [0.15, 0.2) is 0 Å². The van der Waals surface area contributed by atoms with Gasteiger partial charge in [-0.15, -0.1) is 0 Å². The average Bonchev–Trinajstić information content (AvgIpc) is 2.59. The zero-order valence-electron chi connectivity index (χ0n) is 13.8. The van der Waals surface area contributed by atoms with Crippen molar-refractivity contribution < 1.29 is 22.7 Å². The lowest BCUT2D eigenvalue weighted by Gasteiger charge is -2.43. The van der Waals surface area contributed by atoms with Crippen LogP contribution in [0.15, 0.2) is 42.5 Å². The summed E-state index contributed by atoms with van der Waals surface area (Å²) in [5.41, 5.74) is -0.183. The molecule has 1 aliphatic rings. The Balaban J connectivity index is 2.05. The van der Waals surface area contributed by atoms with E-state index in [0.29, 0.717) is 17.0 Å². The summed E-state index contributed by atoms with van der Waals surface area (Å²) >= 11 is 0. The van der Waals surface area contributed by atoms with Gasteiger partial charge in [0.1, 0.15) is 0 Å². The van der Waals surface area contributed by atoms with E-state index in [1.54, 1.807) is 12.1 Å². The van der Waals surface area contributed by atoms with Crippen LogP contribution in [0.1, 0.15) is 11.3 Å². The molecule has 0 radical (unpaired) electrons. The number of carbonyl (C=O) groups is 1. The molecule has 2 aromatic rings. The molecule has 0 amide bonds. The van der Waals surface area contributed by atoms with Crippen LogP contribution in [0, 0.1) is 0 Å². The number of ether oxygens (including phenoxy) is 1. The number of benzene rings is 1. The summed E-state index contributed by atoms with van der Waals surface area (Å²) in [7, 11) is 2.24. The van der Waals surface area contributed by atoms with Gasteiger partial charge in [-0.1, -0.05) is 36.4 Å². The van der Waals surface area contributed by atoms with E-state index in [1.165, 1.54) is 7.05 Å². The first kappa shape index (κ1) is 17.4. The molecule has 1 unspecified atom stereocenters. The SMILES string of the molecule is COC(=O)C1(C(F)(F)F)Cc2ccc(-c3ccccc3)nc2CN1C. The molecule has 0 aliphatic carbocycles. The van der Waals surface area contributed by atoms with Crippen LogP contribution in [0.3, 0.4) is 0 Å². The molecular weight excluding hydrogens is 333 g/mol. The Labute approximate surface area is 143 Å². The van der Waals surface area contributed by atoms with Crippen molar-refractivity contribution in [2.45, 2.75) is 24.7 Å². The second-order valence-corrected chi connectivity index (χ2v) is 6.05. The Morgan fingerprint density at radius 3 is 2.48 bits per heavy atom. The zero-order valence-corrected chi connectivity index (χ0v) is 13.8. The van der Waals surface area contributed by atoms with Gasteiger partial charge in [-0.2, -0.15) is 13.2 Å². The second kappa shape index (κ2) is 6.15. The predicted octanol–water partition coefficient (Wildman–Crippen LogP) is 3.21. The van der Waals surface area contributed by atoms with Gasteiger partial charge in [0, 0.05) is 18.5 Å². The van der Waals surface area contributed by atoms with Crippen LogP contribution in [0.5, 0.6) is 0 Å². The topological polar surface area (TPSA) is 42.4 Å². The van der Waals surface area contributed by atoms with E-state index in [9.17, 15) is 18.0 Å². The normalized spacial score (nSPS) is 20.8. The van der Waals surface area contributed by atoms with E-state index in [1.807, 2.05) is 30.3 Å². The number of nitrogens with zero attached hydrogens (tertiary/aromatic N) is 2. The molecule has 3 rings (SSSR count). The largest absolute Gasteiger partial charge is 0.467 e. The van der Waals surface area contributed by atoms with Crippen molar-refractivity contribution in [3.8, 4) is 11.3 Å². The van der Waals surface area contributed by atoms with Gasteiger partial charge in [0.2, 0.25) is 5.54 Å². The van der Waals surface area contributed by atoms with E-state index in [2.05, 4.69) is 9.72 Å².